The fraction of sp³-hybridized carbons (Fsp3) is 0.0833. The molecule has 0 radical (unpaired) electrons. The highest BCUT2D eigenvalue weighted by molar-refractivity contribution is 6.31. The molecule has 0 aliphatic heterocycles. The molecular formula is C12H12ClN3O. The summed E-state index contributed by atoms with van der Waals surface area (Å²) in [7, 11) is 0. The molecule has 0 atom stereocenters. The van der Waals surface area contributed by atoms with Crippen LogP contribution in [-0.4, -0.2) is 10.9 Å². The summed E-state index contributed by atoms with van der Waals surface area (Å²) in [6, 6.07) is 8.98. The van der Waals surface area contributed by atoms with Crippen LogP contribution in [0.25, 0.3) is 0 Å². The minimum atomic E-state index is -0.238. The minimum absolute atomic E-state index is 0.238. The van der Waals surface area contributed by atoms with E-state index in [-0.39, 0.29) is 5.91 Å². The molecule has 4 N–H and O–H groups in total. The Hall–Kier alpha value is -1.78. The van der Waals surface area contributed by atoms with Crippen molar-refractivity contribution < 1.29 is 4.79 Å². The number of aromatic amines is 1. The Balaban J connectivity index is 2.18. The summed E-state index contributed by atoms with van der Waals surface area (Å²) in [5.41, 5.74) is 7.61. The summed E-state index contributed by atoms with van der Waals surface area (Å²) >= 11 is 5.73. The van der Waals surface area contributed by atoms with Gasteiger partial charge >= 0.3 is 0 Å². The van der Waals surface area contributed by atoms with Gasteiger partial charge in [-0.2, -0.15) is 0 Å². The molecule has 1 amide bonds. The number of aromatic nitrogens is 1. The monoisotopic (exact) mass is 249 g/mol. The predicted molar refractivity (Wildman–Crippen MR) is 68.1 cm³/mol. The van der Waals surface area contributed by atoms with Gasteiger partial charge in [0, 0.05) is 18.4 Å². The van der Waals surface area contributed by atoms with Crippen LogP contribution in [0, 0.1) is 0 Å². The highest BCUT2D eigenvalue weighted by Gasteiger charge is 2.09. The number of H-pyrrole nitrogens is 1. The zero-order valence-corrected chi connectivity index (χ0v) is 9.79. The molecule has 5 heteroatoms. The average molecular weight is 250 g/mol. The molecule has 0 saturated carbocycles. The highest BCUT2D eigenvalue weighted by Crippen LogP contribution is 2.16. The van der Waals surface area contributed by atoms with Gasteiger partial charge in [-0.25, -0.2) is 0 Å². The van der Waals surface area contributed by atoms with Gasteiger partial charge in [-0.3, -0.25) is 4.79 Å². The van der Waals surface area contributed by atoms with Crippen molar-refractivity contribution in [2.75, 3.05) is 5.32 Å². The largest absolute Gasteiger partial charge is 0.356 e. The summed E-state index contributed by atoms with van der Waals surface area (Å²) in [6.07, 6.45) is 1.56. The number of hydrogen-bond acceptors (Lipinski definition) is 2. The first-order chi connectivity index (χ1) is 8.20. The van der Waals surface area contributed by atoms with E-state index in [1.807, 2.05) is 24.3 Å². The molecule has 17 heavy (non-hydrogen) atoms. The van der Waals surface area contributed by atoms with E-state index in [9.17, 15) is 4.79 Å². The van der Waals surface area contributed by atoms with Crippen molar-refractivity contribution >= 4 is 23.2 Å². The Bertz CT molecular complexity index is 536. The zero-order valence-electron chi connectivity index (χ0n) is 9.03. The maximum Gasteiger partial charge on any atom is 0.272 e. The lowest BCUT2D eigenvalue weighted by molar-refractivity contribution is 0.102. The molecule has 2 aromatic rings. The van der Waals surface area contributed by atoms with Crippen LogP contribution in [0.1, 0.15) is 16.1 Å². The van der Waals surface area contributed by atoms with E-state index in [2.05, 4.69) is 10.3 Å². The second kappa shape index (κ2) is 5.03. The van der Waals surface area contributed by atoms with Crippen molar-refractivity contribution in [3.05, 3.63) is 52.8 Å². The van der Waals surface area contributed by atoms with E-state index in [4.69, 9.17) is 17.3 Å². The van der Waals surface area contributed by atoms with E-state index in [0.717, 1.165) is 5.56 Å². The van der Waals surface area contributed by atoms with Crippen LogP contribution in [0.4, 0.5) is 5.69 Å². The lowest BCUT2D eigenvalue weighted by Crippen LogP contribution is -2.14. The molecule has 1 heterocycles. The van der Waals surface area contributed by atoms with Crippen LogP contribution in [0.15, 0.2) is 36.5 Å². The quantitative estimate of drug-likeness (QED) is 0.782. The molecule has 0 aliphatic carbocycles. The topological polar surface area (TPSA) is 70.9 Å². The number of hydrogen-bond donors (Lipinski definition) is 3. The number of amides is 1. The average Bonchev–Trinajstić information content (AvgIpc) is 2.77. The summed E-state index contributed by atoms with van der Waals surface area (Å²) in [4.78, 5) is 14.6. The fourth-order valence-electron chi connectivity index (χ4n) is 1.51. The third kappa shape index (κ3) is 2.67. The Labute approximate surface area is 104 Å². The summed E-state index contributed by atoms with van der Waals surface area (Å²) in [5, 5.41) is 3.28. The molecule has 2 rings (SSSR count). The number of nitrogens with two attached hydrogens (primary N) is 1. The maximum absolute atomic E-state index is 11.9. The van der Waals surface area contributed by atoms with E-state index in [1.54, 1.807) is 12.3 Å². The normalized spacial score (nSPS) is 10.2. The first kappa shape index (κ1) is 11.7. The number of benzene rings is 1. The Morgan fingerprint density at radius 3 is 2.82 bits per heavy atom. The first-order valence-corrected chi connectivity index (χ1v) is 5.51. The summed E-state index contributed by atoms with van der Waals surface area (Å²) < 4.78 is 0. The van der Waals surface area contributed by atoms with Gasteiger partial charge in [0.2, 0.25) is 0 Å². The van der Waals surface area contributed by atoms with Crippen LogP contribution < -0.4 is 11.1 Å². The third-order valence-electron chi connectivity index (χ3n) is 2.38. The number of para-hydroxylation sites is 1. The van der Waals surface area contributed by atoms with E-state index in [1.165, 1.54) is 0 Å². The number of anilines is 1. The van der Waals surface area contributed by atoms with Gasteiger partial charge in [0.1, 0.15) is 5.69 Å². The van der Waals surface area contributed by atoms with Crippen LogP contribution in [0.2, 0.25) is 5.02 Å². The minimum Gasteiger partial charge on any atom is -0.356 e. The molecule has 0 spiro atoms. The summed E-state index contributed by atoms with van der Waals surface area (Å²) in [5.74, 6) is -0.238. The molecule has 88 valence electrons. The van der Waals surface area contributed by atoms with E-state index < -0.39 is 0 Å². The van der Waals surface area contributed by atoms with Crippen LogP contribution in [0.3, 0.4) is 0 Å². The smallest absolute Gasteiger partial charge is 0.272 e. The van der Waals surface area contributed by atoms with Crippen molar-refractivity contribution in [2.45, 2.75) is 6.54 Å². The zero-order chi connectivity index (χ0) is 12.3. The molecule has 0 fully saturated rings. The lowest BCUT2D eigenvalue weighted by Gasteiger charge is -2.08. The van der Waals surface area contributed by atoms with Crippen molar-refractivity contribution in [2.24, 2.45) is 5.73 Å². The summed E-state index contributed by atoms with van der Waals surface area (Å²) in [6.45, 7) is 0.377. The van der Waals surface area contributed by atoms with Crippen molar-refractivity contribution in [3.63, 3.8) is 0 Å². The Kier molecular flexibility index (Phi) is 3.46. The van der Waals surface area contributed by atoms with E-state index in [0.29, 0.717) is 22.9 Å². The standard InChI is InChI=1S/C12H12ClN3O/c13-9-5-11(15-7-9)12(17)16-10-4-2-1-3-8(10)6-14/h1-5,7,15H,6,14H2,(H,16,17). The third-order valence-corrected chi connectivity index (χ3v) is 2.60. The van der Waals surface area contributed by atoms with Crippen LogP contribution in [-0.2, 0) is 6.54 Å². The van der Waals surface area contributed by atoms with Gasteiger partial charge in [-0.05, 0) is 17.7 Å². The number of carbonyl (C=O) groups is 1. The number of halogens is 1. The van der Waals surface area contributed by atoms with Gasteiger partial charge < -0.3 is 16.0 Å². The number of carbonyl (C=O) groups excluding carboxylic acids is 1. The van der Waals surface area contributed by atoms with Crippen molar-refractivity contribution in [1.29, 1.82) is 0 Å². The van der Waals surface area contributed by atoms with Crippen molar-refractivity contribution in [3.8, 4) is 0 Å². The Morgan fingerprint density at radius 2 is 2.18 bits per heavy atom. The van der Waals surface area contributed by atoms with Gasteiger partial charge in [-0.1, -0.05) is 29.8 Å². The molecule has 0 saturated heterocycles. The van der Waals surface area contributed by atoms with Crippen LogP contribution in [0.5, 0.6) is 0 Å². The maximum atomic E-state index is 11.9. The molecule has 0 unspecified atom stereocenters. The molecule has 0 bridgehead atoms. The second-order valence-corrected chi connectivity index (χ2v) is 3.98. The molecule has 0 aliphatic rings. The lowest BCUT2D eigenvalue weighted by atomic mass is 10.2. The van der Waals surface area contributed by atoms with Gasteiger partial charge in [-0.15, -0.1) is 0 Å². The SMILES string of the molecule is NCc1ccccc1NC(=O)c1cc(Cl)c[nH]1. The van der Waals surface area contributed by atoms with Crippen molar-refractivity contribution in [1.82, 2.24) is 4.98 Å². The van der Waals surface area contributed by atoms with Gasteiger partial charge in [0.25, 0.3) is 5.91 Å². The van der Waals surface area contributed by atoms with E-state index >= 15 is 0 Å². The first-order valence-electron chi connectivity index (χ1n) is 5.14. The molecule has 1 aromatic heterocycles. The Morgan fingerprint density at radius 1 is 1.41 bits per heavy atom. The molecule has 4 nitrogen and oxygen atoms in total. The molecule has 1 aromatic carbocycles. The fourth-order valence-corrected chi connectivity index (χ4v) is 1.67. The highest BCUT2D eigenvalue weighted by atomic mass is 35.5. The molecular weight excluding hydrogens is 238 g/mol. The van der Waals surface area contributed by atoms with Gasteiger partial charge in [0.15, 0.2) is 0 Å². The number of rotatable bonds is 3. The number of nitrogens with one attached hydrogen (secondary N) is 2. The second-order valence-electron chi connectivity index (χ2n) is 3.55. The van der Waals surface area contributed by atoms with Crippen LogP contribution >= 0.6 is 11.6 Å². The predicted octanol–water partition coefficient (Wildman–Crippen LogP) is 2.38. The van der Waals surface area contributed by atoms with Gasteiger partial charge in [0.05, 0.1) is 5.02 Å².